The number of rotatable bonds is 12. The van der Waals surface area contributed by atoms with Crippen molar-refractivity contribution in [3.8, 4) is 23.5 Å². The van der Waals surface area contributed by atoms with Gasteiger partial charge in [0.1, 0.15) is 11.9 Å². The van der Waals surface area contributed by atoms with Crippen molar-refractivity contribution in [2.75, 3.05) is 20.6 Å². The van der Waals surface area contributed by atoms with Crippen LogP contribution in [0.15, 0.2) is 47.4 Å². The predicted molar refractivity (Wildman–Crippen MR) is 164 cm³/mol. The lowest BCUT2D eigenvalue weighted by molar-refractivity contribution is -0.138. The van der Waals surface area contributed by atoms with E-state index in [1.807, 2.05) is 64.9 Å². The number of likely N-dealkylation sites (N-methyl/N-ethyl adjacent to an activating group) is 1. The van der Waals surface area contributed by atoms with Crippen LogP contribution in [-0.4, -0.2) is 47.1 Å². The Morgan fingerprint density at radius 2 is 1.77 bits per heavy atom. The number of benzene rings is 2. The van der Waals surface area contributed by atoms with Crippen LogP contribution < -0.4 is 10.9 Å². The van der Waals surface area contributed by atoms with Crippen molar-refractivity contribution in [2.24, 2.45) is 5.92 Å². The van der Waals surface area contributed by atoms with Gasteiger partial charge in [-0.2, -0.15) is 0 Å². The maximum absolute atomic E-state index is 15.8. The molecule has 0 aliphatic carbocycles. The minimum atomic E-state index is -1.33. The van der Waals surface area contributed by atoms with Gasteiger partial charge in [0.2, 0.25) is 5.91 Å². The number of hydrogen-bond donors (Lipinski definition) is 2. The normalized spacial score (nSPS) is 12.7. The average Bonchev–Trinajstić information content (AvgIpc) is 2.92. The van der Waals surface area contributed by atoms with Crippen molar-refractivity contribution in [1.29, 1.82) is 0 Å². The van der Waals surface area contributed by atoms with E-state index in [1.54, 1.807) is 0 Å². The number of carbonyl (C=O) groups excluding carboxylic acids is 1. The molecular formula is C34H39F2N3O4. The van der Waals surface area contributed by atoms with Gasteiger partial charge in [0.25, 0.3) is 5.56 Å². The summed E-state index contributed by atoms with van der Waals surface area (Å²) in [5.74, 6) is -1.58. The fourth-order valence-electron chi connectivity index (χ4n) is 5.24. The number of pyridine rings is 1. The molecule has 0 fully saturated rings. The number of aromatic nitrogens is 1. The second kappa shape index (κ2) is 14.3. The summed E-state index contributed by atoms with van der Waals surface area (Å²) in [6.07, 6.45) is 7.05. The van der Waals surface area contributed by atoms with E-state index in [1.165, 1.54) is 18.3 Å². The largest absolute Gasteiger partial charge is 0.481 e. The molecule has 1 aromatic heterocycles. The summed E-state index contributed by atoms with van der Waals surface area (Å²) >= 11 is 0. The first-order valence-electron chi connectivity index (χ1n) is 14.2. The van der Waals surface area contributed by atoms with Gasteiger partial charge in [-0.3, -0.25) is 14.4 Å². The van der Waals surface area contributed by atoms with Crippen LogP contribution in [0, 0.1) is 43.7 Å². The van der Waals surface area contributed by atoms with Crippen molar-refractivity contribution in [2.45, 2.75) is 59.0 Å². The lowest BCUT2D eigenvalue weighted by atomic mass is 9.90. The number of hydrogen-bond acceptors (Lipinski definition) is 4. The van der Waals surface area contributed by atoms with Crippen LogP contribution in [0.5, 0.6) is 0 Å². The van der Waals surface area contributed by atoms with Crippen molar-refractivity contribution < 1.29 is 23.5 Å². The van der Waals surface area contributed by atoms with Gasteiger partial charge in [0.05, 0.1) is 18.0 Å². The van der Waals surface area contributed by atoms with Crippen molar-refractivity contribution >= 4 is 11.9 Å². The van der Waals surface area contributed by atoms with E-state index in [9.17, 15) is 23.9 Å². The lowest BCUT2D eigenvalue weighted by Gasteiger charge is -2.26. The molecule has 3 rings (SSSR count). The molecule has 2 aromatic carbocycles. The molecule has 2 N–H and O–H groups in total. The topological polar surface area (TPSA) is 91.6 Å². The first kappa shape index (κ1) is 33.2. The molecule has 0 saturated heterocycles. The van der Waals surface area contributed by atoms with Crippen LogP contribution in [0.4, 0.5) is 8.78 Å². The fourth-order valence-corrected chi connectivity index (χ4v) is 5.24. The van der Waals surface area contributed by atoms with Crippen LogP contribution >= 0.6 is 0 Å². The van der Waals surface area contributed by atoms with E-state index in [-0.39, 0.29) is 23.5 Å². The highest BCUT2D eigenvalue weighted by molar-refractivity contribution is 5.82. The molecule has 0 spiro atoms. The minimum Gasteiger partial charge on any atom is -0.481 e. The van der Waals surface area contributed by atoms with Gasteiger partial charge in [0.15, 0.2) is 5.82 Å². The molecule has 0 unspecified atom stereocenters. The number of aryl methyl sites for hydroxylation is 2. The molecule has 3 aromatic rings. The van der Waals surface area contributed by atoms with E-state index >= 15 is 4.39 Å². The summed E-state index contributed by atoms with van der Waals surface area (Å²) in [5, 5.41) is 12.4. The number of halogens is 2. The summed E-state index contributed by atoms with van der Waals surface area (Å²) in [6.45, 7) is 8.08. The zero-order valence-electron chi connectivity index (χ0n) is 25.5. The number of aliphatic carboxylic acids is 1. The molecule has 0 radical (unpaired) electrons. The first-order chi connectivity index (χ1) is 20.2. The third-order valence-corrected chi connectivity index (χ3v) is 7.33. The Hall–Kier alpha value is -4.29. The maximum atomic E-state index is 15.8. The molecule has 0 aliphatic heterocycles. The Morgan fingerprint density at radius 1 is 1.12 bits per heavy atom. The molecule has 1 amide bonds. The Morgan fingerprint density at radius 3 is 2.33 bits per heavy atom. The maximum Gasteiger partial charge on any atom is 0.305 e. The number of carboxylic acids is 1. The molecular weight excluding hydrogens is 552 g/mol. The number of terminal acetylenes is 1. The van der Waals surface area contributed by atoms with Gasteiger partial charge in [-0.15, -0.1) is 6.42 Å². The smallest absolute Gasteiger partial charge is 0.305 e. The molecule has 0 saturated carbocycles. The van der Waals surface area contributed by atoms with Crippen LogP contribution in [0.2, 0.25) is 0 Å². The van der Waals surface area contributed by atoms with Gasteiger partial charge in [-0.05, 0) is 92.7 Å². The summed E-state index contributed by atoms with van der Waals surface area (Å²) in [7, 11) is 3.73. The molecule has 228 valence electrons. The average molecular weight is 592 g/mol. The monoisotopic (exact) mass is 591 g/mol. The van der Waals surface area contributed by atoms with Gasteiger partial charge in [-0.1, -0.05) is 38.0 Å². The first-order valence-corrected chi connectivity index (χ1v) is 14.2. The number of amides is 1. The van der Waals surface area contributed by atoms with Crippen LogP contribution in [-0.2, 0) is 16.0 Å². The highest BCUT2D eigenvalue weighted by Crippen LogP contribution is 2.33. The summed E-state index contributed by atoms with van der Waals surface area (Å²) in [6, 6.07) is 7.39. The van der Waals surface area contributed by atoms with Gasteiger partial charge < -0.3 is 19.9 Å². The van der Waals surface area contributed by atoms with E-state index in [0.717, 1.165) is 27.3 Å². The second-order valence-electron chi connectivity index (χ2n) is 11.6. The van der Waals surface area contributed by atoms with Gasteiger partial charge in [-0.25, -0.2) is 8.78 Å². The SMILES string of the molecule is C#Cc1cc(-c2c(C)cccc2C)cc([C@@H](CC(=O)O)NC(=O)[C@H](CC(C)C)n2cc(CCN(C)C)cc(F)c2=O)c1F. The predicted octanol–water partition coefficient (Wildman–Crippen LogP) is 5.42. The number of carboxylic acid groups (broad SMARTS) is 1. The summed E-state index contributed by atoms with van der Waals surface area (Å²) < 4.78 is 31.6. The van der Waals surface area contributed by atoms with E-state index in [0.29, 0.717) is 24.1 Å². The Labute approximate surface area is 251 Å². The summed E-state index contributed by atoms with van der Waals surface area (Å²) in [4.78, 5) is 40.7. The Bertz CT molecular complexity index is 1580. The summed E-state index contributed by atoms with van der Waals surface area (Å²) in [5.41, 5.74) is 2.60. The van der Waals surface area contributed by atoms with Gasteiger partial charge >= 0.3 is 5.97 Å². The molecule has 7 nitrogen and oxygen atoms in total. The highest BCUT2D eigenvalue weighted by Gasteiger charge is 2.30. The molecule has 9 heteroatoms. The van der Waals surface area contributed by atoms with Crippen molar-refractivity contribution in [1.82, 2.24) is 14.8 Å². The van der Waals surface area contributed by atoms with E-state index < -0.39 is 47.6 Å². The number of nitrogens with zero attached hydrogens (tertiary/aromatic N) is 2. The highest BCUT2D eigenvalue weighted by atomic mass is 19.1. The van der Waals surface area contributed by atoms with E-state index in [2.05, 4.69) is 11.2 Å². The minimum absolute atomic E-state index is 0.0783. The third-order valence-electron chi connectivity index (χ3n) is 7.33. The number of nitrogens with one attached hydrogen (secondary N) is 1. The second-order valence-corrected chi connectivity index (χ2v) is 11.6. The molecule has 2 atom stereocenters. The Balaban J connectivity index is 2.13. The standard InChI is InChI=1S/C34H39F2N3O4/c1-8-24-16-25(31-21(4)10-9-11-22(31)5)17-26(32(24)36)28(18-30(40)41)37-33(42)29(14-20(2)3)39-19-23(12-13-38(6)7)15-27(35)34(39)43/h1,9-11,15-17,19-20,28-29H,12-14,18H2,2-7H3,(H,37,42)(H,40,41)/t28-,29+/m1/s1. The molecule has 1 heterocycles. The number of carbonyl (C=O) groups is 2. The molecule has 0 aliphatic rings. The third kappa shape index (κ3) is 8.17. The fraction of sp³-hybridized carbons (Fsp3) is 0.382. The van der Waals surface area contributed by atoms with E-state index in [4.69, 9.17) is 6.42 Å². The Kier molecular flexibility index (Phi) is 11.0. The molecule has 43 heavy (non-hydrogen) atoms. The zero-order chi connectivity index (χ0) is 32.0. The quantitative estimate of drug-likeness (QED) is 0.275. The lowest BCUT2D eigenvalue weighted by Crippen LogP contribution is -2.41. The molecule has 0 bridgehead atoms. The van der Waals surface area contributed by atoms with Gasteiger partial charge in [0, 0.05) is 18.3 Å². The van der Waals surface area contributed by atoms with Crippen LogP contribution in [0.25, 0.3) is 11.1 Å². The van der Waals surface area contributed by atoms with Crippen molar-refractivity contribution in [3.63, 3.8) is 0 Å². The van der Waals surface area contributed by atoms with Crippen LogP contribution in [0.3, 0.4) is 0 Å². The van der Waals surface area contributed by atoms with Crippen molar-refractivity contribution in [3.05, 3.63) is 92.4 Å². The zero-order valence-corrected chi connectivity index (χ0v) is 25.5. The van der Waals surface area contributed by atoms with Crippen LogP contribution in [0.1, 0.15) is 66.6 Å².